The lowest BCUT2D eigenvalue weighted by molar-refractivity contribution is -0.116. The number of ether oxygens (including phenoxy) is 1. The SMILES string of the molecule is O=C1C[C@H](c2cccnc2N2CCOCC2)c2c(n[nH]c2-c2ccccn2)N1. The third-order valence-electron chi connectivity index (χ3n) is 5.22. The van der Waals surface area contributed by atoms with Crippen LogP contribution in [0.4, 0.5) is 11.6 Å². The Kier molecular flexibility index (Phi) is 4.25. The number of pyridine rings is 2. The zero-order valence-electron chi connectivity index (χ0n) is 15.3. The van der Waals surface area contributed by atoms with E-state index in [4.69, 9.17) is 4.74 Å². The molecule has 0 bridgehead atoms. The number of morpholine rings is 1. The Labute approximate surface area is 162 Å². The minimum atomic E-state index is -0.147. The van der Waals surface area contributed by atoms with Gasteiger partial charge in [0, 0.05) is 48.9 Å². The van der Waals surface area contributed by atoms with Gasteiger partial charge in [-0.05, 0) is 18.2 Å². The molecule has 28 heavy (non-hydrogen) atoms. The van der Waals surface area contributed by atoms with Crippen molar-refractivity contribution in [2.24, 2.45) is 0 Å². The van der Waals surface area contributed by atoms with Crippen LogP contribution in [0.5, 0.6) is 0 Å². The fraction of sp³-hybridized carbons (Fsp3) is 0.300. The lowest BCUT2D eigenvalue weighted by Crippen LogP contribution is -2.38. The van der Waals surface area contributed by atoms with Gasteiger partial charge in [0.05, 0.1) is 24.6 Å². The van der Waals surface area contributed by atoms with Crippen molar-refractivity contribution in [3.8, 4) is 11.4 Å². The van der Waals surface area contributed by atoms with Gasteiger partial charge >= 0.3 is 0 Å². The number of rotatable bonds is 3. The highest BCUT2D eigenvalue weighted by molar-refractivity contribution is 5.96. The number of carbonyl (C=O) groups is 1. The first-order valence-corrected chi connectivity index (χ1v) is 9.38. The summed E-state index contributed by atoms with van der Waals surface area (Å²) in [5.74, 6) is 1.28. The van der Waals surface area contributed by atoms with Crippen molar-refractivity contribution in [1.29, 1.82) is 0 Å². The zero-order valence-corrected chi connectivity index (χ0v) is 15.3. The Balaban J connectivity index is 1.63. The maximum absolute atomic E-state index is 12.4. The van der Waals surface area contributed by atoms with Crippen molar-refractivity contribution in [2.45, 2.75) is 12.3 Å². The Morgan fingerprint density at radius 2 is 1.93 bits per heavy atom. The average Bonchev–Trinajstić information content (AvgIpc) is 3.18. The molecule has 8 heteroatoms. The summed E-state index contributed by atoms with van der Waals surface area (Å²) in [5, 5.41) is 10.3. The normalized spacial score (nSPS) is 19.2. The molecule has 0 radical (unpaired) electrons. The van der Waals surface area contributed by atoms with Crippen LogP contribution in [0.1, 0.15) is 23.5 Å². The number of nitrogens with zero attached hydrogens (tertiary/aromatic N) is 4. The summed E-state index contributed by atoms with van der Waals surface area (Å²) in [6.45, 7) is 2.93. The molecule has 2 aliphatic heterocycles. The van der Waals surface area contributed by atoms with Crippen molar-refractivity contribution in [2.75, 3.05) is 36.5 Å². The Bertz CT molecular complexity index is 997. The summed E-state index contributed by atoms with van der Waals surface area (Å²) in [6, 6.07) is 9.73. The van der Waals surface area contributed by atoms with Gasteiger partial charge in [0.25, 0.3) is 0 Å². The molecule has 2 aliphatic rings. The van der Waals surface area contributed by atoms with Crippen LogP contribution >= 0.6 is 0 Å². The molecule has 3 aromatic rings. The van der Waals surface area contributed by atoms with Crippen molar-refractivity contribution in [1.82, 2.24) is 20.2 Å². The van der Waals surface area contributed by atoms with Gasteiger partial charge in [-0.1, -0.05) is 12.1 Å². The van der Waals surface area contributed by atoms with Crippen molar-refractivity contribution in [3.63, 3.8) is 0 Å². The van der Waals surface area contributed by atoms with Gasteiger partial charge in [-0.25, -0.2) is 4.98 Å². The number of aromatic nitrogens is 4. The third-order valence-corrected chi connectivity index (χ3v) is 5.22. The number of carbonyl (C=O) groups excluding carboxylic acids is 1. The van der Waals surface area contributed by atoms with Crippen LogP contribution in [0, 0.1) is 0 Å². The fourth-order valence-corrected chi connectivity index (χ4v) is 3.95. The van der Waals surface area contributed by atoms with Crippen LogP contribution < -0.4 is 10.2 Å². The predicted octanol–water partition coefficient (Wildman–Crippen LogP) is 2.18. The smallest absolute Gasteiger partial charge is 0.226 e. The van der Waals surface area contributed by atoms with E-state index >= 15 is 0 Å². The number of H-pyrrole nitrogens is 1. The van der Waals surface area contributed by atoms with E-state index < -0.39 is 0 Å². The molecule has 1 saturated heterocycles. The number of anilines is 2. The fourth-order valence-electron chi connectivity index (χ4n) is 3.95. The van der Waals surface area contributed by atoms with Gasteiger partial charge in [0.1, 0.15) is 5.82 Å². The molecule has 1 fully saturated rings. The highest BCUT2D eigenvalue weighted by Gasteiger charge is 2.34. The van der Waals surface area contributed by atoms with Gasteiger partial charge in [-0.2, -0.15) is 5.10 Å². The lowest BCUT2D eigenvalue weighted by atomic mass is 9.85. The van der Waals surface area contributed by atoms with Gasteiger partial charge in [-0.3, -0.25) is 14.9 Å². The third kappa shape index (κ3) is 2.91. The number of hydrogen-bond donors (Lipinski definition) is 2. The lowest BCUT2D eigenvalue weighted by Gasteiger charge is -2.32. The van der Waals surface area contributed by atoms with Gasteiger partial charge in [0.2, 0.25) is 5.91 Å². The molecule has 3 aromatic heterocycles. The molecule has 1 amide bonds. The van der Waals surface area contributed by atoms with E-state index in [0.29, 0.717) is 25.5 Å². The highest BCUT2D eigenvalue weighted by atomic mass is 16.5. The van der Waals surface area contributed by atoms with Crippen molar-refractivity contribution < 1.29 is 9.53 Å². The second-order valence-electron chi connectivity index (χ2n) is 6.90. The van der Waals surface area contributed by atoms with E-state index in [1.807, 2.05) is 24.3 Å². The summed E-state index contributed by atoms with van der Waals surface area (Å²) in [7, 11) is 0. The van der Waals surface area contributed by atoms with Crippen LogP contribution in [-0.4, -0.2) is 52.4 Å². The van der Waals surface area contributed by atoms with E-state index in [2.05, 4.69) is 36.4 Å². The quantitative estimate of drug-likeness (QED) is 0.727. The summed E-state index contributed by atoms with van der Waals surface area (Å²) < 4.78 is 5.49. The van der Waals surface area contributed by atoms with E-state index in [1.54, 1.807) is 12.4 Å². The molecular formula is C20H20N6O2. The molecule has 0 saturated carbocycles. The first kappa shape index (κ1) is 16.9. The molecule has 5 rings (SSSR count). The van der Waals surface area contributed by atoms with Crippen LogP contribution in [0.15, 0.2) is 42.7 Å². The summed E-state index contributed by atoms with van der Waals surface area (Å²) >= 11 is 0. The summed E-state index contributed by atoms with van der Waals surface area (Å²) in [5.41, 5.74) is 3.62. The van der Waals surface area contributed by atoms with Crippen LogP contribution in [0.2, 0.25) is 0 Å². The van der Waals surface area contributed by atoms with Crippen molar-refractivity contribution in [3.05, 3.63) is 53.9 Å². The molecule has 0 aliphatic carbocycles. The topological polar surface area (TPSA) is 96.0 Å². The second-order valence-corrected chi connectivity index (χ2v) is 6.90. The zero-order chi connectivity index (χ0) is 18.9. The predicted molar refractivity (Wildman–Crippen MR) is 104 cm³/mol. The molecule has 0 aromatic carbocycles. The molecule has 2 N–H and O–H groups in total. The maximum Gasteiger partial charge on any atom is 0.226 e. The standard InChI is InChI=1S/C20H20N6O2/c27-16-12-14(13-4-3-7-22-20(13)26-8-10-28-11-9-26)17-18(24-25-19(17)23-16)15-5-1-2-6-21-15/h1-7,14H,8-12H2,(H2,23,24,25,27)/t14-/m1/s1. The average molecular weight is 376 g/mol. The molecule has 142 valence electrons. The molecule has 1 atom stereocenters. The van der Waals surface area contributed by atoms with Crippen LogP contribution in [0.25, 0.3) is 11.4 Å². The van der Waals surface area contributed by atoms with Crippen LogP contribution in [-0.2, 0) is 9.53 Å². The minimum absolute atomic E-state index is 0.0478. The Morgan fingerprint density at radius 1 is 1.07 bits per heavy atom. The van der Waals surface area contributed by atoms with E-state index in [9.17, 15) is 4.79 Å². The highest BCUT2D eigenvalue weighted by Crippen LogP contribution is 2.43. The second kappa shape index (κ2) is 7.05. The molecule has 5 heterocycles. The summed E-state index contributed by atoms with van der Waals surface area (Å²) in [4.78, 5) is 23.8. The molecule has 8 nitrogen and oxygen atoms in total. The van der Waals surface area contributed by atoms with Gasteiger partial charge < -0.3 is 15.0 Å². The van der Waals surface area contributed by atoms with E-state index in [0.717, 1.165) is 41.4 Å². The first-order chi connectivity index (χ1) is 13.8. The number of hydrogen-bond acceptors (Lipinski definition) is 6. The van der Waals surface area contributed by atoms with E-state index in [-0.39, 0.29) is 11.8 Å². The number of nitrogens with one attached hydrogen (secondary N) is 2. The maximum atomic E-state index is 12.4. The monoisotopic (exact) mass is 376 g/mol. The largest absolute Gasteiger partial charge is 0.378 e. The molecule has 0 spiro atoms. The first-order valence-electron chi connectivity index (χ1n) is 9.38. The minimum Gasteiger partial charge on any atom is -0.378 e. The van der Waals surface area contributed by atoms with E-state index in [1.165, 1.54) is 0 Å². The van der Waals surface area contributed by atoms with Crippen molar-refractivity contribution >= 4 is 17.5 Å². The van der Waals surface area contributed by atoms with Gasteiger partial charge in [-0.15, -0.1) is 0 Å². The Morgan fingerprint density at radius 3 is 2.75 bits per heavy atom. The molecule has 0 unspecified atom stereocenters. The number of amides is 1. The summed E-state index contributed by atoms with van der Waals surface area (Å²) in [6.07, 6.45) is 3.89. The molecular weight excluding hydrogens is 356 g/mol. The van der Waals surface area contributed by atoms with Gasteiger partial charge in [0.15, 0.2) is 5.82 Å². The number of fused-ring (bicyclic) bond motifs is 1. The van der Waals surface area contributed by atoms with Crippen LogP contribution in [0.3, 0.4) is 0 Å². The number of aromatic amines is 1. The Hall–Kier alpha value is -3.26.